The molecule has 0 spiro atoms. The van der Waals surface area contributed by atoms with Crippen molar-refractivity contribution in [1.29, 1.82) is 0 Å². The summed E-state index contributed by atoms with van der Waals surface area (Å²) < 4.78 is 6.20. The number of carbonyl (C=O) groups is 1. The highest BCUT2D eigenvalue weighted by Gasteiger charge is 2.12. The van der Waals surface area contributed by atoms with Crippen LogP contribution in [0.25, 0.3) is 0 Å². The number of ketones is 1. The van der Waals surface area contributed by atoms with Gasteiger partial charge in [0.05, 0.1) is 16.2 Å². The number of Topliss-reactive ketones (excluding diaryl/α,β-unsaturated/α-hetero) is 1. The van der Waals surface area contributed by atoms with Gasteiger partial charge in [-0.2, -0.15) is 0 Å². The highest BCUT2D eigenvalue weighted by Crippen LogP contribution is 2.28. The zero-order valence-electron chi connectivity index (χ0n) is 7.85. The first kappa shape index (κ1) is 10.5. The van der Waals surface area contributed by atoms with Gasteiger partial charge in [0.1, 0.15) is 5.75 Å². The zero-order chi connectivity index (χ0) is 10.0. The van der Waals surface area contributed by atoms with Crippen LogP contribution in [0.1, 0.15) is 22.8 Å². The Morgan fingerprint density at radius 1 is 1.46 bits per heavy atom. The molecule has 1 aromatic carbocycles. The molecule has 0 fully saturated rings. The molecule has 3 heteroatoms. The van der Waals surface area contributed by atoms with Crippen LogP contribution < -0.4 is 4.74 Å². The maximum absolute atomic E-state index is 11.2. The third kappa shape index (κ3) is 2.02. The maximum atomic E-state index is 11.2. The van der Waals surface area contributed by atoms with Gasteiger partial charge in [-0.1, -0.05) is 6.07 Å². The molecule has 0 aliphatic heterocycles. The predicted octanol–water partition coefficient (Wildman–Crippen LogP) is 2.81. The monoisotopic (exact) mass is 290 g/mol. The van der Waals surface area contributed by atoms with E-state index in [1.165, 1.54) is 0 Å². The van der Waals surface area contributed by atoms with Crippen molar-refractivity contribution in [2.45, 2.75) is 13.8 Å². The van der Waals surface area contributed by atoms with Crippen LogP contribution in [0.3, 0.4) is 0 Å². The Labute approximate surface area is 91.4 Å². The fraction of sp³-hybridized carbons (Fsp3) is 0.300. The van der Waals surface area contributed by atoms with E-state index in [-0.39, 0.29) is 5.78 Å². The van der Waals surface area contributed by atoms with Crippen LogP contribution in [0.5, 0.6) is 5.75 Å². The lowest BCUT2D eigenvalue weighted by Crippen LogP contribution is -2.00. The summed E-state index contributed by atoms with van der Waals surface area (Å²) in [6.07, 6.45) is 0. The third-order valence-corrected chi connectivity index (χ3v) is 3.21. The van der Waals surface area contributed by atoms with Crippen molar-refractivity contribution >= 4 is 28.4 Å². The normalized spacial score (nSPS) is 9.85. The molecule has 0 saturated heterocycles. The van der Waals surface area contributed by atoms with E-state index < -0.39 is 0 Å². The van der Waals surface area contributed by atoms with Crippen molar-refractivity contribution in [3.63, 3.8) is 0 Å². The molecule has 0 heterocycles. The molecule has 0 bridgehead atoms. The van der Waals surface area contributed by atoms with Gasteiger partial charge in [0.25, 0.3) is 0 Å². The quantitative estimate of drug-likeness (QED) is 0.618. The standard InChI is InChI=1S/C10H11IO2/c1-6-4-5-8(7(2)12)10(13-3)9(6)11/h4-5H,1-3H3. The molecule has 0 aromatic heterocycles. The Morgan fingerprint density at radius 3 is 2.54 bits per heavy atom. The van der Waals surface area contributed by atoms with Crippen LogP contribution >= 0.6 is 22.6 Å². The van der Waals surface area contributed by atoms with E-state index in [0.717, 1.165) is 9.13 Å². The molecule has 1 aromatic rings. The summed E-state index contributed by atoms with van der Waals surface area (Å²) in [7, 11) is 1.59. The van der Waals surface area contributed by atoms with Gasteiger partial charge >= 0.3 is 0 Å². The predicted molar refractivity (Wildman–Crippen MR) is 60.5 cm³/mol. The molecular weight excluding hydrogens is 279 g/mol. The third-order valence-electron chi connectivity index (χ3n) is 1.87. The first-order valence-electron chi connectivity index (χ1n) is 3.92. The number of hydrogen-bond donors (Lipinski definition) is 0. The fourth-order valence-corrected chi connectivity index (χ4v) is 1.82. The molecule has 0 N–H and O–H groups in total. The lowest BCUT2D eigenvalue weighted by molar-refractivity contribution is 0.101. The van der Waals surface area contributed by atoms with E-state index in [9.17, 15) is 4.79 Å². The Kier molecular flexibility index (Phi) is 3.30. The summed E-state index contributed by atoms with van der Waals surface area (Å²) in [5, 5.41) is 0. The molecular formula is C10H11IO2. The first-order valence-corrected chi connectivity index (χ1v) is 4.99. The minimum absolute atomic E-state index is 0.0368. The summed E-state index contributed by atoms with van der Waals surface area (Å²) in [5.74, 6) is 0.725. The van der Waals surface area contributed by atoms with E-state index in [0.29, 0.717) is 11.3 Å². The Morgan fingerprint density at radius 2 is 2.08 bits per heavy atom. The lowest BCUT2D eigenvalue weighted by Gasteiger charge is -2.09. The van der Waals surface area contributed by atoms with Gasteiger partial charge in [-0.3, -0.25) is 4.79 Å². The van der Waals surface area contributed by atoms with Crippen LogP contribution in [0.15, 0.2) is 12.1 Å². The average Bonchev–Trinajstić information content (AvgIpc) is 2.09. The van der Waals surface area contributed by atoms with Crippen molar-refractivity contribution in [3.05, 3.63) is 26.8 Å². The van der Waals surface area contributed by atoms with E-state index in [2.05, 4.69) is 22.6 Å². The van der Waals surface area contributed by atoms with Gasteiger partial charge in [-0.05, 0) is 48.1 Å². The second-order valence-corrected chi connectivity index (χ2v) is 3.91. The minimum Gasteiger partial charge on any atom is -0.495 e. The van der Waals surface area contributed by atoms with E-state index in [1.807, 2.05) is 13.0 Å². The van der Waals surface area contributed by atoms with E-state index >= 15 is 0 Å². The van der Waals surface area contributed by atoms with Crippen LogP contribution in [0.2, 0.25) is 0 Å². The van der Waals surface area contributed by atoms with Gasteiger partial charge in [0.15, 0.2) is 5.78 Å². The second kappa shape index (κ2) is 4.09. The van der Waals surface area contributed by atoms with E-state index in [1.54, 1.807) is 20.1 Å². The topological polar surface area (TPSA) is 26.3 Å². The van der Waals surface area contributed by atoms with Crippen molar-refractivity contribution < 1.29 is 9.53 Å². The number of methoxy groups -OCH3 is 1. The molecule has 0 aliphatic rings. The Balaban J connectivity index is 3.38. The summed E-state index contributed by atoms with van der Waals surface area (Å²) in [4.78, 5) is 11.2. The molecule has 13 heavy (non-hydrogen) atoms. The number of benzene rings is 1. The van der Waals surface area contributed by atoms with Gasteiger partial charge in [-0.25, -0.2) is 0 Å². The molecule has 0 atom stereocenters. The summed E-state index contributed by atoms with van der Waals surface area (Å²) in [6.45, 7) is 3.54. The highest BCUT2D eigenvalue weighted by atomic mass is 127. The Bertz CT molecular complexity index is 345. The second-order valence-electron chi connectivity index (χ2n) is 2.83. The molecule has 0 amide bonds. The number of carbonyl (C=O) groups excluding carboxylic acids is 1. The zero-order valence-corrected chi connectivity index (χ0v) is 10.0. The van der Waals surface area contributed by atoms with Crippen molar-refractivity contribution in [2.75, 3.05) is 7.11 Å². The van der Waals surface area contributed by atoms with Gasteiger partial charge in [-0.15, -0.1) is 0 Å². The molecule has 0 saturated carbocycles. The number of halogens is 1. The molecule has 0 radical (unpaired) electrons. The van der Waals surface area contributed by atoms with Gasteiger partial charge < -0.3 is 4.74 Å². The largest absolute Gasteiger partial charge is 0.495 e. The van der Waals surface area contributed by atoms with Crippen LogP contribution in [0.4, 0.5) is 0 Å². The SMILES string of the molecule is COc1c(C(C)=O)ccc(C)c1I. The first-order chi connectivity index (χ1) is 6.07. The average molecular weight is 290 g/mol. The molecule has 0 unspecified atom stereocenters. The van der Waals surface area contributed by atoms with Crippen molar-refractivity contribution in [2.24, 2.45) is 0 Å². The number of rotatable bonds is 2. The Hall–Kier alpha value is -0.580. The van der Waals surface area contributed by atoms with Gasteiger partial charge in [0.2, 0.25) is 0 Å². The van der Waals surface area contributed by atoms with Gasteiger partial charge in [0, 0.05) is 0 Å². The van der Waals surface area contributed by atoms with Crippen LogP contribution in [-0.4, -0.2) is 12.9 Å². The van der Waals surface area contributed by atoms with Crippen LogP contribution in [0, 0.1) is 10.5 Å². The fourth-order valence-electron chi connectivity index (χ4n) is 1.13. The molecule has 1 rings (SSSR count). The summed E-state index contributed by atoms with van der Waals surface area (Å²) >= 11 is 2.19. The van der Waals surface area contributed by atoms with E-state index in [4.69, 9.17) is 4.74 Å². The summed E-state index contributed by atoms with van der Waals surface area (Å²) in [5.41, 5.74) is 1.78. The lowest BCUT2D eigenvalue weighted by atomic mass is 10.1. The van der Waals surface area contributed by atoms with Crippen LogP contribution in [-0.2, 0) is 0 Å². The number of hydrogen-bond acceptors (Lipinski definition) is 2. The minimum atomic E-state index is 0.0368. The summed E-state index contributed by atoms with van der Waals surface area (Å²) in [6, 6.07) is 3.74. The van der Waals surface area contributed by atoms with Crippen molar-refractivity contribution in [1.82, 2.24) is 0 Å². The molecule has 2 nitrogen and oxygen atoms in total. The number of aryl methyl sites for hydroxylation is 1. The molecule has 0 aliphatic carbocycles. The smallest absolute Gasteiger partial charge is 0.163 e. The van der Waals surface area contributed by atoms with Crippen molar-refractivity contribution in [3.8, 4) is 5.75 Å². The molecule has 70 valence electrons. The number of ether oxygens (including phenoxy) is 1. The maximum Gasteiger partial charge on any atom is 0.163 e. The highest BCUT2D eigenvalue weighted by molar-refractivity contribution is 14.1.